The van der Waals surface area contributed by atoms with E-state index in [1.165, 1.54) is 12.1 Å². The molecule has 4 rings (SSSR count). The van der Waals surface area contributed by atoms with Crippen molar-refractivity contribution in [3.8, 4) is 0 Å². The summed E-state index contributed by atoms with van der Waals surface area (Å²) in [5.41, 5.74) is 3.59. The van der Waals surface area contributed by atoms with Crippen LogP contribution in [0.3, 0.4) is 0 Å². The monoisotopic (exact) mass is 859 g/mol. The third-order valence-electron chi connectivity index (χ3n) is 9.80. The van der Waals surface area contributed by atoms with E-state index < -0.39 is 42.8 Å². The molecule has 2 aromatic carbocycles. The van der Waals surface area contributed by atoms with Gasteiger partial charge in [-0.05, 0) is 82.0 Å². The number of fused-ring (bicyclic) bond motifs is 2. The van der Waals surface area contributed by atoms with Gasteiger partial charge in [0.2, 0.25) is 5.69 Å². The molecule has 0 aromatic heterocycles. The lowest BCUT2D eigenvalue weighted by Crippen LogP contribution is -2.30. The van der Waals surface area contributed by atoms with Crippen molar-refractivity contribution in [3.63, 3.8) is 0 Å². The molecular weight excluding hydrogens is 813 g/mol. The van der Waals surface area contributed by atoms with E-state index in [0.29, 0.717) is 60.5 Å². The van der Waals surface area contributed by atoms with Crippen LogP contribution < -0.4 is 4.90 Å². The van der Waals surface area contributed by atoms with Gasteiger partial charge in [0.15, 0.2) is 5.71 Å². The number of carboxylic acid groups (broad SMARTS) is 1. The van der Waals surface area contributed by atoms with Gasteiger partial charge in [0.25, 0.3) is 20.2 Å². The van der Waals surface area contributed by atoms with Gasteiger partial charge < -0.3 is 10.0 Å². The summed E-state index contributed by atoms with van der Waals surface area (Å²) < 4.78 is 78.4. The average Bonchev–Trinajstić information content (AvgIpc) is 3.48. The number of carboxylic acids is 1. The molecule has 2 heterocycles. The fraction of sp³-hybridized carbons (Fsp3) is 0.444. The lowest BCUT2D eigenvalue weighted by molar-refractivity contribution is -0.438. The van der Waals surface area contributed by atoms with Gasteiger partial charge in [-0.25, -0.2) is 10.5 Å². The first-order valence-corrected chi connectivity index (χ1v) is 22.3. The van der Waals surface area contributed by atoms with Crippen LogP contribution in [0.5, 0.6) is 0 Å². The van der Waals surface area contributed by atoms with Crippen LogP contribution in [0.15, 0.2) is 82.3 Å². The predicted molar refractivity (Wildman–Crippen MR) is 211 cm³/mol. The first-order chi connectivity index (χ1) is 26.4. The molecule has 0 radical (unpaired) electrons. The molecular formula is C36H47N2O14S4+. The molecule has 1 unspecified atom stereocenters. The Morgan fingerprint density at radius 2 is 1.64 bits per heavy atom. The van der Waals surface area contributed by atoms with Gasteiger partial charge in [0, 0.05) is 76.6 Å². The van der Waals surface area contributed by atoms with Gasteiger partial charge >= 0.3 is 5.97 Å². The Morgan fingerprint density at radius 3 is 2.32 bits per heavy atom. The van der Waals surface area contributed by atoms with Crippen LogP contribution in [0.2, 0.25) is 0 Å². The number of allylic oxidation sites excluding steroid dienone is 6. The maximum atomic E-state index is 12.2. The van der Waals surface area contributed by atoms with Crippen molar-refractivity contribution in [2.24, 2.45) is 0 Å². The second-order valence-electron chi connectivity index (χ2n) is 13.9. The number of unbranched alkanes of at least 4 members (excludes halogenated alkanes) is 2. The summed E-state index contributed by atoms with van der Waals surface area (Å²) in [5, 5.41) is 33.7. The van der Waals surface area contributed by atoms with Crippen LogP contribution in [0.1, 0.15) is 76.8 Å². The Kier molecular flexibility index (Phi) is 16.3. The molecule has 2 aromatic rings. The number of nitrogens with zero attached hydrogens (tertiary/aromatic N) is 2. The summed E-state index contributed by atoms with van der Waals surface area (Å²) >= 11 is 1.82. The number of carbonyl (C=O) groups is 1. The standard InChI is InChI=1S/C36H46N2O14S4/c1-35(2)28-24-26(54-52-50-42)15-17-30(28)37(20-10-22-53-51-49-41)32(35)12-6-4-7-13-33-36(3,19-9-5-8-14-34(39)40)29-25-27(56(46,47)48)16-18-31(29)38(33)21-11-23-55(43,44)45/h4,6-7,12-13,15-18,24-25H,5,8-11,14,19-23H2,1-3H3,(H4-,39,40,41,42,43,44,45,46,47,48)/p+1. The summed E-state index contributed by atoms with van der Waals surface area (Å²) in [7, 11) is -8.82. The van der Waals surface area contributed by atoms with Crippen molar-refractivity contribution in [1.29, 1.82) is 0 Å². The maximum Gasteiger partial charge on any atom is 0.303 e. The Labute approximate surface area is 335 Å². The molecule has 0 saturated carbocycles. The van der Waals surface area contributed by atoms with E-state index in [9.17, 15) is 30.7 Å². The molecule has 2 aliphatic rings. The highest BCUT2D eigenvalue weighted by Crippen LogP contribution is 2.51. The molecule has 0 amide bonds. The molecule has 56 heavy (non-hydrogen) atoms. The molecule has 0 aliphatic carbocycles. The highest BCUT2D eigenvalue weighted by molar-refractivity contribution is 7.94. The minimum absolute atomic E-state index is 0.0112. The first kappa shape index (κ1) is 45.6. The van der Waals surface area contributed by atoms with Crippen LogP contribution in [0.4, 0.5) is 11.4 Å². The maximum absolute atomic E-state index is 12.2. The zero-order valence-corrected chi connectivity index (χ0v) is 34.3. The normalized spacial score (nSPS) is 18.8. The molecule has 0 spiro atoms. The lowest BCUT2D eigenvalue weighted by atomic mass is 9.77. The van der Waals surface area contributed by atoms with E-state index in [4.69, 9.17) is 15.6 Å². The molecule has 0 saturated heterocycles. The number of benzene rings is 2. The van der Waals surface area contributed by atoms with Gasteiger partial charge in [-0.15, -0.1) is 8.67 Å². The Hall–Kier alpha value is -3.12. The number of rotatable bonds is 23. The molecule has 16 nitrogen and oxygen atoms in total. The topological polar surface area (TPSA) is 230 Å². The summed E-state index contributed by atoms with van der Waals surface area (Å²) in [6.45, 7) is 6.86. The van der Waals surface area contributed by atoms with E-state index in [0.717, 1.165) is 46.7 Å². The van der Waals surface area contributed by atoms with Crippen molar-refractivity contribution in [3.05, 3.63) is 83.6 Å². The molecule has 0 bridgehead atoms. The van der Waals surface area contributed by atoms with E-state index in [2.05, 4.69) is 37.2 Å². The highest BCUT2D eigenvalue weighted by atomic mass is 32.2. The van der Waals surface area contributed by atoms with Gasteiger partial charge in [0.05, 0.1) is 28.1 Å². The number of aliphatic carboxylic acids is 1. The SMILES string of the molecule is CC1(C)C(/C=C/C=C/C=C2\N(CCCS(=O)(=O)O)c3ccc(S(=O)(=O)O)cc3C2(C)CCCCCC(=O)O)=[N+](CCCSOOO)c2ccc(SOOO)cc21. The minimum atomic E-state index is -4.56. The summed E-state index contributed by atoms with van der Waals surface area (Å²) in [4.78, 5) is 13.4. The lowest BCUT2D eigenvalue weighted by Gasteiger charge is -2.30. The zero-order valence-electron chi connectivity index (χ0n) is 31.1. The Morgan fingerprint density at radius 1 is 0.893 bits per heavy atom. The molecule has 0 fully saturated rings. The summed E-state index contributed by atoms with van der Waals surface area (Å²) in [6.07, 6.45) is 12.3. The van der Waals surface area contributed by atoms with Crippen LogP contribution in [0.25, 0.3) is 0 Å². The average molecular weight is 860 g/mol. The van der Waals surface area contributed by atoms with Crippen LogP contribution in [0, 0.1) is 0 Å². The fourth-order valence-corrected chi connectivity index (χ4v) is 8.99. The largest absolute Gasteiger partial charge is 0.481 e. The predicted octanol–water partition coefficient (Wildman–Crippen LogP) is 7.28. The Balaban J connectivity index is 1.72. The van der Waals surface area contributed by atoms with Gasteiger partial charge in [-0.1, -0.05) is 41.1 Å². The highest BCUT2D eigenvalue weighted by Gasteiger charge is 2.45. The van der Waals surface area contributed by atoms with Crippen molar-refractivity contribution in [2.75, 3.05) is 29.5 Å². The molecule has 20 heteroatoms. The third-order valence-corrected chi connectivity index (χ3v) is 12.6. The van der Waals surface area contributed by atoms with E-state index in [-0.39, 0.29) is 24.3 Å². The zero-order chi connectivity index (χ0) is 41.1. The number of anilines is 1. The van der Waals surface area contributed by atoms with E-state index in [1.807, 2.05) is 60.4 Å². The van der Waals surface area contributed by atoms with Gasteiger partial charge in [-0.2, -0.15) is 21.4 Å². The fourth-order valence-electron chi connectivity index (χ4n) is 7.23. The van der Waals surface area contributed by atoms with Crippen molar-refractivity contribution < 1.29 is 69.7 Å². The Bertz CT molecular complexity index is 2070. The third kappa shape index (κ3) is 11.7. The molecule has 1 atom stereocenters. The van der Waals surface area contributed by atoms with Crippen LogP contribution in [-0.4, -0.2) is 82.4 Å². The van der Waals surface area contributed by atoms with Gasteiger partial charge in [0.1, 0.15) is 6.54 Å². The second kappa shape index (κ2) is 20.0. The van der Waals surface area contributed by atoms with Crippen LogP contribution in [-0.2, 0) is 54.6 Å². The molecule has 2 aliphatic heterocycles. The second-order valence-corrected chi connectivity index (χ2v) is 18.5. The van der Waals surface area contributed by atoms with Crippen molar-refractivity contribution in [1.82, 2.24) is 0 Å². The van der Waals surface area contributed by atoms with E-state index >= 15 is 0 Å². The number of hydrogen-bond donors (Lipinski definition) is 5. The van der Waals surface area contributed by atoms with Crippen LogP contribution >= 0.6 is 24.1 Å². The summed E-state index contributed by atoms with van der Waals surface area (Å²) in [6, 6.07) is 10.0. The smallest absolute Gasteiger partial charge is 0.303 e. The number of hydrogen-bond acceptors (Lipinski definition) is 14. The molecule has 308 valence electrons. The summed E-state index contributed by atoms with van der Waals surface area (Å²) in [5.74, 6) is -0.862. The first-order valence-electron chi connectivity index (χ1n) is 17.6. The minimum Gasteiger partial charge on any atom is -0.481 e. The molecule has 5 N–H and O–H groups in total. The van der Waals surface area contributed by atoms with Crippen molar-refractivity contribution in [2.45, 2.75) is 86.3 Å². The van der Waals surface area contributed by atoms with Gasteiger partial charge in [-0.3, -0.25) is 13.9 Å². The van der Waals surface area contributed by atoms with Crippen molar-refractivity contribution >= 4 is 67.4 Å². The quantitative estimate of drug-likeness (QED) is 0.0141. The van der Waals surface area contributed by atoms with E-state index in [1.54, 1.807) is 6.07 Å².